The average molecular weight is 205 g/mol. The summed E-state index contributed by atoms with van der Waals surface area (Å²) in [5.74, 6) is 0. The Balaban J connectivity index is -0.0000000708. The van der Waals surface area contributed by atoms with Crippen molar-refractivity contribution in [1.29, 1.82) is 0 Å². The van der Waals surface area contributed by atoms with Gasteiger partial charge >= 0.3 is 0 Å². The number of rotatable bonds is 5. The molecule has 0 saturated carbocycles. The Morgan fingerprint density at radius 1 is 0.643 bits per heavy atom. The Labute approximate surface area is 93.5 Å². The Bertz CT molecular complexity index is 30.2. The van der Waals surface area contributed by atoms with Crippen LogP contribution in [-0.4, -0.2) is 6.54 Å². The molecule has 1 heteroatoms. The molecule has 0 aliphatic rings. The van der Waals surface area contributed by atoms with Gasteiger partial charge in [0.1, 0.15) is 0 Å². The minimum atomic E-state index is 0.865. The largest absolute Gasteiger partial charge is 0.330 e. The van der Waals surface area contributed by atoms with E-state index in [1.54, 1.807) is 0 Å². The molecule has 0 radical (unpaired) electrons. The van der Waals surface area contributed by atoms with E-state index in [4.69, 9.17) is 5.73 Å². The highest BCUT2D eigenvalue weighted by Gasteiger charge is 1.83. The van der Waals surface area contributed by atoms with Crippen LogP contribution < -0.4 is 5.73 Å². The molecule has 0 unspecified atom stereocenters. The van der Waals surface area contributed by atoms with Gasteiger partial charge in [0, 0.05) is 0 Å². The molecular weight excluding hydrogens is 170 g/mol. The predicted octanol–water partition coefficient (Wildman–Crippen LogP) is 4.99. The number of hydrogen-bond donors (Lipinski definition) is 1. The summed E-state index contributed by atoms with van der Waals surface area (Å²) in [4.78, 5) is 0. The first-order valence-electron chi connectivity index (χ1n) is 6.62. The SMILES string of the molecule is CC.CC.CC.CCCCCCCN. The summed E-state index contributed by atoms with van der Waals surface area (Å²) in [6, 6.07) is 0. The first kappa shape index (κ1) is 23.6. The highest BCUT2D eigenvalue weighted by Crippen LogP contribution is 2.00. The van der Waals surface area contributed by atoms with Crippen LogP contribution in [0.4, 0.5) is 0 Å². The number of nitrogens with two attached hydrogens (primary N) is 1. The summed E-state index contributed by atoms with van der Waals surface area (Å²) in [6.07, 6.45) is 6.60. The highest BCUT2D eigenvalue weighted by atomic mass is 14.5. The molecule has 0 bridgehead atoms. The van der Waals surface area contributed by atoms with Crippen molar-refractivity contribution >= 4 is 0 Å². The standard InChI is InChI=1S/C7H17N.3C2H6/c1-2-3-4-5-6-7-8;3*1-2/h2-8H2,1H3;3*1-2H3. The van der Waals surface area contributed by atoms with Crippen LogP contribution in [0.5, 0.6) is 0 Å². The first-order valence-corrected chi connectivity index (χ1v) is 6.62. The van der Waals surface area contributed by atoms with Crippen molar-refractivity contribution in [2.45, 2.75) is 80.6 Å². The minimum absolute atomic E-state index is 0.865. The fourth-order valence-corrected chi connectivity index (χ4v) is 0.748. The van der Waals surface area contributed by atoms with Gasteiger partial charge in [-0.25, -0.2) is 0 Å². The van der Waals surface area contributed by atoms with Gasteiger partial charge in [-0.1, -0.05) is 74.1 Å². The lowest BCUT2D eigenvalue weighted by molar-refractivity contribution is 0.638. The third-order valence-corrected chi connectivity index (χ3v) is 1.31. The molecule has 0 aromatic carbocycles. The zero-order valence-corrected chi connectivity index (χ0v) is 11.8. The molecular formula is C13H35N. The van der Waals surface area contributed by atoms with Crippen LogP contribution in [0, 0.1) is 0 Å². The van der Waals surface area contributed by atoms with Gasteiger partial charge in [0.2, 0.25) is 0 Å². The molecule has 0 spiro atoms. The van der Waals surface area contributed by atoms with Crippen LogP contribution >= 0.6 is 0 Å². The van der Waals surface area contributed by atoms with Gasteiger partial charge in [-0.05, 0) is 13.0 Å². The van der Waals surface area contributed by atoms with Gasteiger partial charge in [0.05, 0.1) is 0 Å². The normalized spacial score (nSPS) is 6.86. The van der Waals surface area contributed by atoms with Crippen molar-refractivity contribution in [3.63, 3.8) is 0 Å². The van der Waals surface area contributed by atoms with Crippen molar-refractivity contribution in [3.05, 3.63) is 0 Å². The Kier molecular flexibility index (Phi) is 88.1. The Hall–Kier alpha value is -0.0400. The van der Waals surface area contributed by atoms with Gasteiger partial charge in [0.15, 0.2) is 0 Å². The lowest BCUT2D eigenvalue weighted by Crippen LogP contribution is -1.97. The van der Waals surface area contributed by atoms with Crippen molar-refractivity contribution in [1.82, 2.24) is 0 Å². The van der Waals surface area contributed by atoms with Crippen LogP contribution in [-0.2, 0) is 0 Å². The van der Waals surface area contributed by atoms with Gasteiger partial charge in [-0.2, -0.15) is 0 Å². The van der Waals surface area contributed by atoms with E-state index in [1.165, 1.54) is 32.1 Å². The molecule has 0 aliphatic heterocycles. The topological polar surface area (TPSA) is 26.0 Å². The van der Waals surface area contributed by atoms with E-state index in [0.717, 1.165) is 6.54 Å². The molecule has 0 aromatic heterocycles. The van der Waals surface area contributed by atoms with Crippen molar-refractivity contribution < 1.29 is 0 Å². The van der Waals surface area contributed by atoms with Crippen LogP contribution in [0.1, 0.15) is 80.6 Å². The highest BCUT2D eigenvalue weighted by molar-refractivity contribution is 4.41. The first-order chi connectivity index (χ1) is 6.91. The molecule has 0 aromatic rings. The predicted molar refractivity (Wildman–Crippen MR) is 71.9 cm³/mol. The third-order valence-electron chi connectivity index (χ3n) is 1.31. The van der Waals surface area contributed by atoms with Crippen molar-refractivity contribution in [2.24, 2.45) is 5.73 Å². The molecule has 92 valence electrons. The second-order valence-corrected chi connectivity index (χ2v) is 2.20. The Morgan fingerprint density at radius 2 is 1.00 bits per heavy atom. The summed E-state index contributed by atoms with van der Waals surface area (Å²) < 4.78 is 0. The lowest BCUT2D eigenvalue weighted by atomic mass is 10.2. The average Bonchev–Trinajstić information content (AvgIpc) is 2.33. The number of hydrogen-bond acceptors (Lipinski definition) is 1. The van der Waals surface area contributed by atoms with Crippen LogP contribution in [0.2, 0.25) is 0 Å². The maximum atomic E-state index is 5.31. The zero-order valence-electron chi connectivity index (χ0n) is 11.8. The fourth-order valence-electron chi connectivity index (χ4n) is 0.748. The molecule has 0 atom stereocenters. The second kappa shape index (κ2) is 52.2. The Morgan fingerprint density at radius 3 is 1.29 bits per heavy atom. The van der Waals surface area contributed by atoms with E-state index in [-0.39, 0.29) is 0 Å². The second-order valence-electron chi connectivity index (χ2n) is 2.20. The third kappa shape index (κ3) is 58.4. The minimum Gasteiger partial charge on any atom is -0.330 e. The van der Waals surface area contributed by atoms with E-state index >= 15 is 0 Å². The van der Waals surface area contributed by atoms with E-state index in [2.05, 4.69) is 6.92 Å². The van der Waals surface area contributed by atoms with E-state index in [9.17, 15) is 0 Å². The molecule has 0 fully saturated rings. The molecule has 1 nitrogen and oxygen atoms in total. The molecule has 2 N–H and O–H groups in total. The van der Waals surface area contributed by atoms with Crippen molar-refractivity contribution in [2.75, 3.05) is 6.54 Å². The summed E-state index contributed by atoms with van der Waals surface area (Å²) in [5.41, 5.74) is 5.31. The van der Waals surface area contributed by atoms with Gasteiger partial charge in [-0.15, -0.1) is 0 Å². The summed E-state index contributed by atoms with van der Waals surface area (Å²) in [6.45, 7) is 15.1. The molecule has 0 amide bonds. The van der Waals surface area contributed by atoms with Gasteiger partial charge in [-0.3, -0.25) is 0 Å². The van der Waals surface area contributed by atoms with Crippen LogP contribution in [0.15, 0.2) is 0 Å². The maximum absolute atomic E-state index is 5.31. The van der Waals surface area contributed by atoms with E-state index in [1.807, 2.05) is 41.5 Å². The van der Waals surface area contributed by atoms with Gasteiger partial charge < -0.3 is 5.73 Å². The summed E-state index contributed by atoms with van der Waals surface area (Å²) in [7, 11) is 0. The zero-order chi connectivity index (χ0) is 12.2. The van der Waals surface area contributed by atoms with E-state index < -0.39 is 0 Å². The molecule has 14 heavy (non-hydrogen) atoms. The molecule has 0 rings (SSSR count). The van der Waals surface area contributed by atoms with Crippen LogP contribution in [0.3, 0.4) is 0 Å². The van der Waals surface area contributed by atoms with Crippen molar-refractivity contribution in [3.8, 4) is 0 Å². The quantitative estimate of drug-likeness (QED) is 0.628. The van der Waals surface area contributed by atoms with Gasteiger partial charge in [0.25, 0.3) is 0 Å². The molecule has 0 saturated heterocycles. The fraction of sp³-hybridized carbons (Fsp3) is 1.00. The summed E-state index contributed by atoms with van der Waals surface area (Å²) in [5, 5.41) is 0. The molecule has 0 aliphatic carbocycles. The number of unbranched alkanes of at least 4 members (excludes halogenated alkanes) is 4. The smallest absolute Gasteiger partial charge is 0.00773 e. The summed E-state index contributed by atoms with van der Waals surface area (Å²) >= 11 is 0. The monoisotopic (exact) mass is 205 g/mol. The lowest BCUT2D eigenvalue weighted by Gasteiger charge is -1.93. The van der Waals surface area contributed by atoms with Crippen LogP contribution in [0.25, 0.3) is 0 Å². The maximum Gasteiger partial charge on any atom is -0.00773 e. The molecule has 0 heterocycles. The van der Waals surface area contributed by atoms with E-state index in [0.29, 0.717) is 0 Å².